The molecule has 0 radical (unpaired) electrons. The van der Waals surface area contributed by atoms with Crippen molar-refractivity contribution in [2.75, 3.05) is 6.61 Å². The van der Waals surface area contributed by atoms with Gasteiger partial charge in [-0.1, -0.05) is 68.3 Å². The first kappa shape index (κ1) is 13.8. The average Bonchev–Trinajstić information content (AvgIpc) is 2.39. The lowest BCUT2D eigenvalue weighted by Crippen LogP contribution is -2.08. The molecule has 0 heterocycles. The molecule has 0 saturated heterocycles. The van der Waals surface area contributed by atoms with Crippen LogP contribution in [-0.2, 0) is 6.42 Å². The van der Waals surface area contributed by atoms with Gasteiger partial charge in [0.25, 0.3) is 0 Å². The summed E-state index contributed by atoms with van der Waals surface area (Å²) in [7, 11) is 0. The summed E-state index contributed by atoms with van der Waals surface area (Å²) in [4.78, 5) is 0. The summed E-state index contributed by atoms with van der Waals surface area (Å²) in [6.07, 6.45) is 0.820. The molecule has 1 N–H and O–H groups in total. The molecular formula is C15H14Br2O. The number of hydrogen-bond acceptors (Lipinski definition) is 1. The number of aliphatic hydroxyl groups excluding tert-OH is 1. The minimum absolute atomic E-state index is 0.110. The number of hydrogen-bond donors (Lipinski definition) is 1. The molecule has 1 nitrogen and oxygen atoms in total. The van der Waals surface area contributed by atoms with E-state index < -0.39 is 0 Å². The minimum Gasteiger partial charge on any atom is -0.396 e. The Balaban J connectivity index is 2.26. The molecule has 94 valence electrons. The van der Waals surface area contributed by atoms with Crippen LogP contribution in [0.15, 0.2) is 57.5 Å². The van der Waals surface area contributed by atoms with Crippen LogP contribution in [0.25, 0.3) is 0 Å². The topological polar surface area (TPSA) is 20.2 Å². The van der Waals surface area contributed by atoms with Crippen molar-refractivity contribution in [1.29, 1.82) is 0 Å². The lowest BCUT2D eigenvalue weighted by molar-refractivity contribution is 0.264. The lowest BCUT2D eigenvalue weighted by Gasteiger charge is -2.17. The summed E-state index contributed by atoms with van der Waals surface area (Å²) >= 11 is 7.10. The molecule has 0 aliphatic heterocycles. The number of aliphatic hydroxyl groups is 1. The molecule has 3 heteroatoms. The van der Waals surface area contributed by atoms with E-state index >= 15 is 0 Å². The van der Waals surface area contributed by atoms with E-state index in [2.05, 4.69) is 44.0 Å². The van der Waals surface area contributed by atoms with Crippen molar-refractivity contribution >= 4 is 31.9 Å². The molecule has 0 amide bonds. The predicted molar refractivity (Wildman–Crippen MR) is 81.8 cm³/mol. The fourth-order valence-corrected chi connectivity index (χ4v) is 3.06. The summed E-state index contributed by atoms with van der Waals surface area (Å²) < 4.78 is 2.15. The van der Waals surface area contributed by atoms with Crippen LogP contribution in [0.4, 0.5) is 0 Å². The molecule has 0 bridgehead atoms. The average molecular weight is 370 g/mol. The second kappa shape index (κ2) is 6.50. The maximum atomic E-state index is 9.62. The molecule has 18 heavy (non-hydrogen) atoms. The number of benzene rings is 2. The van der Waals surface area contributed by atoms with Crippen molar-refractivity contribution in [2.45, 2.75) is 12.3 Å². The Morgan fingerprint density at radius 3 is 2.11 bits per heavy atom. The third-order valence-corrected chi connectivity index (χ3v) is 4.49. The standard InChI is InChI=1S/C15H14Br2O/c16-14-7-3-1-5-11(14)9-12(10-18)13-6-2-4-8-15(13)17/h1-8,12,18H,9-10H2. The Morgan fingerprint density at radius 2 is 1.50 bits per heavy atom. The van der Waals surface area contributed by atoms with Crippen LogP contribution in [0.2, 0.25) is 0 Å². The highest BCUT2D eigenvalue weighted by Crippen LogP contribution is 2.29. The van der Waals surface area contributed by atoms with Gasteiger partial charge in [0.05, 0.1) is 6.61 Å². The summed E-state index contributed by atoms with van der Waals surface area (Å²) in [5.41, 5.74) is 2.36. The van der Waals surface area contributed by atoms with E-state index in [1.807, 2.05) is 36.4 Å². The Hall–Kier alpha value is -0.640. The van der Waals surface area contributed by atoms with E-state index in [9.17, 15) is 5.11 Å². The van der Waals surface area contributed by atoms with Gasteiger partial charge in [-0.2, -0.15) is 0 Å². The Bertz CT molecular complexity index is 525. The smallest absolute Gasteiger partial charge is 0.0503 e. The first-order valence-electron chi connectivity index (χ1n) is 5.81. The summed E-state index contributed by atoms with van der Waals surface area (Å²) in [6.45, 7) is 0.143. The van der Waals surface area contributed by atoms with Crippen molar-refractivity contribution in [1.82, 2.24) is 0 Å². The molecule has 2 rings (SSSR count). The Morgan fingerprint density at radius 1 is 0.889 bits per heavy atom. The first-order valence-corrected chi connectivity index (χ1v) is 7.39. The highest BCUT2D eigenvalue weighted by Gasteiger charge is 2.15. The summed E-state index contributed by atoms with van der Waals surface area (Å²) in [5, 5.41) is 9.62. The molecule has 1 atom stereocenters. The summed E-state index contributed by atoms with van der Waals surface area (Å²) in [5.74, 6) is 0.110. The van der Waals surface area contributed by atoms with Crippen molar-refractivity contribution in [2.24, 2.45) is 0 Å². The Kier molecular flexibility index (Phi) is 4.98. The molecular weight excluding hydrogens is 356 g/mol. The molecule has 0 aliphatic carbocycles. The van der Waals surface area contributed by atoms with Crippen LogP contribution in [0, 0.1) is 0 Å². The Labute approximate surface area is 124 Å². The lowest BCUT2D eigenvalue weighted by atomic mass is 9.93. The van der Waals surface area contributed by atoms with Gasteiger partial charge in [-0.25, -0.2) is 0 Å². The van der Waals surface area contributed by atoms with E-state index in [1.54, 1.807) is 0 Å². The highest BCUT2D eigenvalue weighted by atomic mass is 79.9. The van der Waals surface area contributed by atoms with E-state index in [1.165, 1.54) is 5.56 Å². The second-order valence-electron chi connectivity index (χ2n) is 4.20. The van der Waals surface area contributed by atoms with Crippen LogP contribution in [0.5, 0.6) is 0 Å². The molecule has 0 aliphatic rings. The maximum Gasteiger partial charge on any atom is 0.0503 e. The van der Waals surface area contributed by atoms with Crippen molar-refractivity contribution < 1.29 is 5.11 Å². The van der Waals surface area contributed by atoms with Crippen LogP contribution in [0.3, 0.4) is 0 Å². The van der Waals surface area contributed by atoms with E-state index in [4.69, 9.17) is 0 Å². The van der Waals surface area contributed by atoms with Crippen molar-refractivity contribution in [3.8, 4) is 0 Å². The van der Waals surface area contributed by atoms with Crippen LogP contribution >= 0.6 is 31.9 Å². The zero-order valence-corrected chi connectivity index (χ0v) is 13.0. The quantitative estimate of drug-likeness (QED) is 0.839. The molecule has 0 fully saturated rings. The highest BCUT2D eigenvalue weighted by molar-refractivity contribution is 9.10. The van der Waals surface area contributed by atoms with Gasteiger partial charge in [0.1, 0.15) is 0 Å². The van der Waals surface area contributed by atoms with Crippen LogP contribution in [0.1, 0.15) is 17.0 Å². The SMILES string of the molecule is OCC(Cc1ccccc1Br)c1ccccc1Br. The zero-order valence-electron chi connectivity index (χ0n) is 9.81. The van der Waals surface area contributed by atoms with Crippen molar-refractivity contribution in [3.05, 3.63) is 68.6 Å². The van der Waals surface area contributed by atoms with Gasteiger partial charge in [0, 0.05) is 14.9 Å². The summed E-state index contributed by atoms with van der Waals surface area (Å²) in [6, 6.07) is 16.2. The van der Waals surface area contributed by atoms with E-state index in [-0.39, 0.29) is 12.5 Å². The van der Waals surface area contributed by atoms with Gasteiger partial charge in [0.2, 0.25) is 0 Å². The fraction of sp³-hybridized carbons (Fsp3) is 0.200. The monoisotopic (exact) mass is 368 g/mol. The normalized spacial score (nSPS) is 12.4. The first-order chi connectivity index (χ1) is 8.72. The van der Waals surface area contributed by atoms with Crippen LogP contribution in [-0.4, -0.2) is 11.7 Å². The maximum absolute atomic E-state index is 9.62. The third kappa shape index (κ3) is 3.22. The zero-order chi connectivity index (χ0) is 13.0. The van der Waals surface area contributed by atoms with Gasteiger partial charge in [-0.15, -0.1) is 0 Å². The van der Waals surface area contributed by atoms with E-state index in [0.717, 1.165) is 20.9 Å². The van der Waals surface area contributed by atoms with Gasteiger partial charge in [0.15, 0.2) is 0 Å². The largest absolute Gasteiger partial charge is 0.396 e. The fourth-order valence-electron chi connectivity index (χ4n) is 2.01. The molecule has 0 aromatic heterocycles. The van der Waals surface area contributed by atoms with Gasteiger partial charge in [-0.05, 0) is 29.7 Å². The second-order valence-corrected chi connectivity index (χ2v) is 5.91. The van der Waals surface area contributed by atoms with Crippen LogP contribution < -0.4 is 0 Å². The molecule has 2 aromatic rings. The molecule has 2 aromatic carbocycles. The predicted octanol–water partition coefficient (Wildman–Crippen LogP) is 4.53. The van der Waals surface area contributed by atoms with Gasteiger partial charge < -0.3 is 5.11 Å². The molecule has 0 saturated carbocycles. The van der Waals surface area contributed by atoms with Crippen molar-refractivity contribution in [3.63, 3.8) is 0 Å². The number of halogens is 2. The van der Waals surface area contributed by atoms with Gasteiger partial charge in [-0.3, -0.25) is 0 Å². The molecule has 0 spiro atoms. The molecule has 1 unspecified atom stereocenters. The van der Waals surface area contributed by atoms with Gasteiger partial charge >= 0.3 is 0 Å². The van der Waals surface area contributed by atoms with E-state index in [0.29, 0.717) is 0 Å². The minimum atomic E-state index is 0.110. The number of rotatable bonds is 4. The third-order valence-electron chi connectivity index (χ3n) is 2.99.